The first kappa shape index (κ1) is 21.7. The highest BCUT2D eigenvalue weighted by molar-refractivity contribution is 7.85. The van der Waals surface area contributed by atoms with Crippen molar-refractivity contribution in [1.29, 1.82) is 0 Å². The molecule has 29 heavy (non-hydrogen) atoms. The molecule has 158 valence electrons. The molecule has 0 radical (unpaired) electrons. The number of nitrogens with zero attached hydrogens (tertiary/aromatic N) is 3. The van der Waals surface area contributed by atoms with Crippen molar-refractivity contribution in [2.24, 2.45) is 0 Å². The van der Waals surface area contributed by atoms with Gasteiger partial charge in [-0.2, -0.15) is 23.4 Å². The summed E-state index contributed by atoms with van der Waals surface area (Å²) in [6, 6.07) is 5.69. The molecule has 0 spiro atoms. The number of nitrogens with one attached hydrogen (secondary N) is 3. The summed E-state index contributed by atoms with van der Waals surface area (Å²) in [6.45, 7) is 8.64. The van der Waals surface area contributed by atoms with E-state index in [1.54, 1.807) is 0 Å². The van der Waals surface area contributed by atoms with Crippen LogP contribution in [0.1, 0.15) is 40.5 Å². The topological polar surface area (TPSA) is 129 Å². The van der Waals surface area contributed by atoms with E-state index >= 15 is 0 Å². The molecule has 3 rings (SSSR count). The van der Waals surface area contributed by atoms with Gasteiger partial charge < -0.3 is 16.0 Å². The highest BCUT2D eigenvalue weighted by Gasteiger charge is 2.37. The molecule has 0 amide bonds. The monoisotopic (exact) mass is 440 g/mol. The Morgan fingerprint density at radius 3 is 2.14 bits per heavy atom. The lowest BCUT2D eigenvalue weighted by Crippen LogP contribution is -2.60. The zero-order chi connectivity index (χ0) is 21.4. The average Bonchev–Trinajstić information content (AvgIpc) is 2.50. The van der Waals surface area contributed by atoms with Crippen molar-refractivity contribution in [2.75, 3.05) is 10.6 Å². The first-order valence-corrected chi connectivity index (χ1v) is 11.0. The van der Waals surface area contributed by atoms with Gasteiger partial charge in [0.25, 0.3) is 10.1 Å². The molecule has 0 bridgehead atoms. The fraction of sp³-hybridized carbons (Fsp3) is 0.500. The van der Waals surface area contributed by atoms with Crippen molar-refractivity contribution in [3.63, 3.8) is 0 Å². The third-order valence-electron chi connectivity index (χ3n) is 4.54. The van der Waals surface area contributed by atoms with Crippen molar-refractivity contribution in [3.8, 4) is 0 Å². The molecule has 9 nitrogen and oxygen atoms in total. The second-order valence-electron chi connectivity index (χ2n) is 8.52. The standard InChI is InChI=1S/C18H25ClN6O3S/c1-17(2)9-12(10-18(3,4)25-17)21-16-23-14(19)22-15(24-16)20-11-5-7-13(8-6-11)29(26,27)28/h5-8,12,25H,9-10H2,1-4H3,(H,26,27,28)(H2,20,21,22,23,24). The van der Waals surface area contributed by atoms with E-state index in [2.05, 4.69) is 58.6 Å². The molecule has 1 aliphatic heterocycles. The molecule has 2 aromatic rings. The third-order valence-corrected chi connectivity index (χ3v) is 5.58. The lowest BCUT2D eigenvalue weighted by molar-refractivity contribution is 0.170. The summed E-state index contributed by atoms with van der Waals surface area (Å²) in [4.78, 5) is 12.4. The molecule has 0 atom stereocenters. The van der Waals surface area contributed by atoms with Crippen LogP contribution in [0.2, 0.25) is 5.28 Å². The fourth-order valence-electron chi connectivity index (χ4n) is 3.92. The van der Waals surface area contributed by atoms with Crippen molar-refractivity contribution in [3.05, 3.63) is 29.5 Å². The summed E-state index contributed by atoms with van der Waals surface area (Å²) in [5, 5.41) is 9.97. The van der Waals surface area contributed by atoms with Crippen molar-refractivity contribution in [2.45, 2.75) is 62.6 Å². The minimum atomic E-state index is -4.25. The number of hydrogen-bond acceptors (Lipinski definition) is 8. The third kappa shape index (κ3) is 5.99. The maximum atomic E-state index is 11.1. The van der Waals surface area contributed by atoms with Crippen LogP contribution in [0.4, 0.5) is 17.6 Å². The van der Waals surface area contributed by atoms with Crippen molar-refractivity contribution < 1.29 is 13.0 Å². The Labute approximate surface area is 175 Å². The number of anilines is 3. The Morgan fingerprint density at radius 2 is 1.59 bits per heavy atom. The summed E-state index contributed by atoms with van der Waals surface area (Å²) < 4.78 is 31.3. The van der Waals surface area contributed by atoms with Crippen LogP contribution in [0.15, 0.2) is 29.2 Å². The van der Waals surface area contributed by atoms with Gasteiger partial charge in [0.1, 0.15) is 0 Å². The summed E-state index contributed by atoms with van der Waals surface area (Å²) in [5.41, 5.74) is 0.466. The van der Waals surface area contributed by atoms with E-state index in [9.17, 15) is 8.42 Å². The molecule has 2 heterocycles. The van der Waals surface area contributed by atoms with Gasteiger partial charge in [-0.05, 0) is 76.4 Å². The highest BCUT2D eigenvalue weighted by atomic mass is 35.5. The lowest BCUT2D eigenvalue weighted by atomic mass is 9.80. The predicted octanol–water partition coefficient (Wildman–Crippen LogP) is 3.24. The van der Waals surface area contributed by atoms with Crippen LogP contribution in [0.5, 0.6) is 0 Å². The van der Waals surface area contributed by atoms with Crippen LogP contribution in [0, 0.1) is 0 Å². The Kier molecular flexibility index (Phi) is 5.74. The second-order valence-corrected chi connectivity index (χ2v) is 10.3. The molecule has 1 aromatic heterocycles. The SMILES string of the molecule is CC1(C)CC(Nc2nc(Cl)nc(Nc3ccc(S(=O)(=O)O)cc3)n2)CC(C)(C)N1. The smallest absolute Gasteiger partial charge is 0.294 e. The van der Waals surface area contributed by atoms with E-state index in [-0.39, 0.29) is 33.2 Å². The van der Waals surface area contributed by atoms with E-state index in [4.69, 9.17) is 16.2 Å². The summed E-state index contributed by atoms with van der Waals surface area (Å²) >= 11 is 6.06. The van der Waals surface area contributed by atoms with Gasteiger partial charge in [0.15, 0.2) is 0 Å². The molecule has 1 fully saturated rings. The zero-order valence-corrected chi connectivity index (χ0v) is 18.3. The molecule has 1 saturated heterocycles. The minimum Gasteiger partial charge on any atom is -0.351 e. The Bertz CT molecular complexity index is 979. The quantitative estimate of drug-likeness (QED) is 0.517. The van der Waals surface area contributed by atoms with Crippen LogP contribution in [0.3, 0.4) is 0 Å². The number of piperidine rings is 1. The first-order valence-electron chi connectivity index (χ1n) is 9.13. The van der Waals surface area contributed by atoms with Gasteiger partial charge in [-0.3, -0.25) is 4.55 Å². The largest absolute Gasteiger partial charge is 0.351 e. The van der Waals surface area contributed by atoms with E-state index in [0.29, 0.717) is 11.6 Å². The molecular weight excluding hydrogens is 416 g/mol. The highest BCUT2D eigenvalue weighted by Crippen LogP contribution is 2.30. The predicted molar refractivity (Wildman–Crippen MR) is 112 cm³/mol. The van der Waals surface area contributed by atoms with Crippen LogP contribution >= 0.6 is 11.6 Å². The first-order chi connectivity index (χ1) is 13.3. The van der Waals surface area contributed by atoms with Gasteiger partial charge in [0.05, 0.1) is 4.90 Å². The van der Waals surface area contributed by atoms with Gasteiger partial charge in [-0.15, -0.1) is 0 Å². The lowest BCUT2D eigenvalue weighted by Gasteiger charge is -2.46. The molecule has 0 saturated carbocycles. The molecule has 0 unspecified atom stereocenters. The van der Waals surface area contributed by atoms with Gasteiger partial charge in [0, 0.05) is 22.8 Å². The number of rotatable bonds is 5. The summed E-state index contributed by atoms with van der Waals surface area (Å²) in [5.74, 6) is 0.583. The van der Waals surface area contributed by atoms with Crippen LogP contribution < -0.4 is 16.0 Å². The molecular formula is C18H25ClN6O3S. The summed E-state index contributed by atoms with van der Waals surface area (Å²) in [6.07, 6.45) is 1.78. The van der Waals surface area contributed by atoms with Crippen LogP contribution in [0.25, 0.3) is 0 Å². The van der Waals surface area contributed by atoms with Crippen molar-refractivity contribution >= 4 is 39.3 Å². The van der Waals surface area contributed by atoms with Crippen LogP contribution in [-0.2, 0) is 10.1 Å². The summed E-state index contributed by atoms with van der Waals surface area (Å²) in [7, 11) is -4.25. The molecule has 11 heteroatoms. The van der Waals surface area contributed by atoms with Gasteiger partial charge in [-0.25, -0.2) is 0 Å². The zero-order valence-electron chi connectivity index (χ0n) is 16.7. The average molecular weight is 441 g/mol. The Balaban J connectivity index is 1.76. The number of benzene rings is 1. The number of aromatic nitrogens is 3. The van der Waals surface area contributed by atoms with Crippen molar-refractivity contribution in [1.82, 2.24) is 20.3 Å². The van der Waals surface area contributed by atoms with Gasteiger partial charge >= 0.3 is 0 Å². The fourth-order valence-corrected chi connectivity index (χ4v) is 4.56. The maximum absolute atomic E-state index is 11.1. The Hall–Kier alpha value is -2.01. The molecule has 0 aliphatic carbocycles. The molecule has 4 N–H and O–H groups in total. The van der Waals surface area contributed by atoms with Crippen LogP contribution in [-0.4, -0.2) is 45.0 Å². The number of halogens is 1. The Morgan fingerprint density at radius 1 is 1.03 bits per heavy atom. The van der Waals surface area contributed by atoms with E-state index in [1.807, 2.05) is 0 Å². The molecule has 1 aromatic carbocycles. The van der Waals surface area contributed by atoms with Gasteiger partial charge in [0.2, 0.25) is 17.2 Å². The number of hydrogen-bond donors (Lipinski definition) is 4. The minimum absolute atomic E-state index is 0.0343. The maximum Gasteiger partial charge on any atom is 0.294 e. The second kappa shape index (κ2) is 7.67. The molecule has 1 aliphatic rings. The van der Waals surface area contributed by atoms with E-state index in [0.717, 1.165) is 12.8 Å². The van der Waals surface area contributed by atoms with Gasteiger partial charge in [-0.1, -0.05) is 0 Å². The normalized spacial score (nSPS) is 19.0. The van der Waals surface area contributed by atoms with E-state index in [1.165, 1.54) is 24.3 Å². The van der Waals surface area contributed by atoms with E-state index < -0.39 is 10.1 Å².